The van der Waals surface area contributed by atoms with Crippen molar-refractivity contribution in [3.05, 3.63) is 5.51 Å². The van der Waals surface area contributed by atoms with E-state index in [4.69, 9.17) is 4.74 Å². The molecule has 0 aliphatic carbocycles. The molecule has 0 spiro atoms. The van der Waals surface area contributed by atoms with Crippen LogP contribution in [0.1, 0.15) is 0 Å². The zero-order chi connectivity index (χ0) is 9.80. The number of hydrogen-bond donors (Lipinski definition) is 1. The first kappa shape index (κ1) is 9.82. The van der Waals surface area contributed by atoms with Gasteiger partial charge in [0.15, 0.2) is 0 Å². The molecule has 5 nitrogen and oxygen atoms in total. The van der Waals surface area contributed by atoms with Crippen LogP contribution in [0, 0.1) is 0 Å². The minimum absolute atomic E-state index is 0.262. The number of likely N-dealkylation sites (N-methyl/N-ethyl adjacent to an activating group) is 1. The van der Waals surface area contributed by atoms with E-state index in [1.54, 1.807) is 5.51 Å². The third-order valence-corrected chi connectivity index (χ3v) is 2.83. The number of anilines is 1. The number of nitrogens with zero attached hydrogens (tertiary/aromatic N) is 3. The van der Waals surface area contributed by atoms with Crippen molar-refractivity contribution in [1.82, 2.24) is 15.1 Å². The maximum atomic E-state index is 5.60. The van der Waals surface area contributed by atoms with Crippen LogP contribution >= 0.6 is 11.3 Å². The first-order valence-corrected chi connectivity index (χ1v) is 5.53. The summed E-state index contributed by atoms with van der Waals surface area (Å²) >= 11 is 1.51. The van der Waals surface area contributed by atoms with Gasteiger partial charge in [0.1, 0.15) is 5.51 Å². The third-order valence-electron chi connectivity index (χ3n) is 2.18. The number of hydrogen-bond acceptors (Lipinski definition) is 6. The zero-order valence-electron chi connectivity index (χ0n) is 8.14. The SMILES string of the molecule is CN1CCOC(CNc2nncs2)C1. The Hall–Kier alpha value is -0.720. The quantitative estimate of drug-likeness (QED) is 0.783. The molecule has 6 heteroatoms. The van der Waals surface area contributed by atoms with Crippen LogP contribution in [0.4, 0.5) is 5.13 Å². The maximum Gasteiger partial charge on any atom is 0.205 e. The molecule has 1 atom stereocenters. The van der Waals surface area contributed by atoms with Crippen molar-refractivity contribution in [3.63, 3.8) is 0 Å². The second kappa shape index (κ2) is 4.68. The highest BCUT2D eigenvalue weighted by Crippen LogP contribution is 2.09. The molecule has 1 aromatic rings. The van der Waals surface area contributed by atoms with Crippen molar-refractivity contribution in [1.29, 1.82) is 0 Å². The fraction of sp³-hybridized carbons (Fsp3) is 0.750. The number of morpholine rings is 1. The van der Waals surface area contributed by atoms with Gasteiger partial charge < -0.3 is 15.0 Å². The normalized spacial score (nSPS) is 23.6. The van der Waals surface area contributed by atoms with Crippen LogP contribution in [0.3, 0.4) is 0 Å². The maximum absolute atomic E-state index is 5.60. The number of nitrogens with one attached hydrogen (secondary N) is 1. The highest BCUT2D eigenvalue weighted by atomic mass is 32.1. The lowest BCUT2D eigenvalue weighted by Crippen LogP contribution is -2.43. The van der Waals surface area contributed by atoms with Crippen molar-refractivity contribution in [2.24, 2.45) is 0 Å². The largest absolute Gasteiger partial charge is 0.374 e. The number of ether oxygens (including phenoxy) is 1. The van der Waals surface area contributed by atoms with Gasteiger partial charge >= 0.3 is 0 Å². The molecule has 2 rings (SSSR count). The Kier molecular flexibility index (Phi) is 3.28. The van der Waals surface area contributed by atoms with Gasteiger partial charge in [-0.3, -0.25) is 0 Å². The predicted molar refractivity (Wildman–Crippen MR) is 55.6 cm³/mol. The summed E-state index contributed by atoms with van der Waals surface area (Å²) in [5.41, 5.74) is 1.72. The van der Waals surface area contributed by atoms with Gasteiger partial charge in [-0.05, 0) is 7.05 Å². The summed E-state index contributed by atoms with van der Waals surface area (Å²) in [7, 11) is 2.11. The Balaban J connectivity index is 1.75. The molecule has 1 aliphatic heterocycles. The fourth-order valence-electron chi connectivity index (χ4n) is 1.44. The Morgan fingerprint density at radius 1 is 1.79 bits per heavy atom. The molecule has 14 heavy (non-hydrogen) atoms. The fourth-order valence-corrected chi connectivity index (χ4v) is 1.90. The lowest BCUT2D eigenvalue weighted by molar-refractivity contribution is -0.0117. The van der Waals surface area contributed by atoms with Crippen LogP contribution in [-0.4, -0.2) is 54.5 Å². The summed E-state index contributed by atoms with van der Waals surface area (Å²) in [5.74, 6) is 0. The second-order valence-electron chi connectivity index (χ2n) is 3.38. The van der Waals surface area contributed by atoms with E-state index in [2.05, 4.69) is 27.5 Å². The summed E-state index contributed by atoms with van der Waals surface area (Å²) in [4.78, 5) is 2.27. The average molecular weight is 214 g/mol. The third kappa shape index (κ3) is 2.63. The second-order valence-corrected chi connectivity index (χ2v) is 4.21. The van der Waals surface area contributed by atoms with Crippen molar-refractivity contribution in [2.45, 2.75) is 6.10 Å². The van der Waals surface area contributed by atoms with Crippen molar-refractivity contribution >= 4 is 16.5 Å². The average Bonchev–Trinajstić information content (AvgIpc) is 2.67. The van der Waals surface area contributed by atoms with Gasteiger partial charge in [0.2, 0.25) is 5.13 Å². The standard InChI is InChI=1S/C8H14N4OS/c1-12-2-3-13-7(5-12)4-9-8-11-10-6-14-8/h6-7H,2-5H2,1H3,(H,9,11). The lowest BCUT2D eigenvalue weighted by Gasteiger charge is -2.29. The highest BCUT2D eigenvalue weighted by molar-refractivity contribution is 7.13. The van der Waals surface area contributed by atoms with Gasteiger partial charge in [-0.15, -0.1) is 10.2 Å². The van der Waals surface area contributed by atoms with Gasteiger partial charge in [0.05, 0.1) is 12.7 Å². The molecule has 0 amide bonds. The molecule has 1 saturated heterocycles. The monoisotopic (exact) mass is 214 g/mol. The molecule has 1 aliphatic rings. The molecule has 1 N–H and O–H groups in total. The van der Waals surface area contributed by atoms with Crippen LogP contribution in [0.15, 0.2) is 5.51 Å². The van der Waals surface area contributed by atoms with Crippen LogP contribution in [0.25, 0.3) is 0 Å². The molecule has 0 saturated carbocycles. The predicted octanol–water partition coefficient (Wildman–Crippen LogP) is 0.281. The van der Waals surface area contributed by atoms with Crippen molar-refractivity contribution < 1.29 is 4.74 Å². The van der Waals surface area contributed by atoms with Gasteiger partial charge in [-0.25, -0.2) is 0 Å². The molecule has 0 aromatic carbocycles. The smallest absolute Gasteiger partial charge is 0.205 e. The van der Waals surface area contributed by atoms with E-state index in [1.807, 2.05) is 0 Å². The van der Waals surface area contributed by atoms with Crippen LogP contribution in [0.5, 0.6) is 0 Å². The van der Waals surface area contributed by atoms with E-state index in [0.717, 1.165) is 31.4 Å². The van der Waals surface area contributed by atoms with Crippen molar-refractivity contribution in [2.75, 3.05) is 38.6 Å². The lowest BCUT2D eigenvalue weighted by atomic mass is 10.3. The molecule has 2 heterocycles. The topological polar surface area (TPSA) is 50.3 Å². The number of aromatic nitrogens is 2. The van der Waals surface area contributed by atoms with Crippen molar-refractivity contribution in [3.8, 4) is 0 Å². The summed E-state index contributed by atoms with van der Waals surface area (Å²) < 4.78 is 5.60. The first-order chi connectivity index (χ1) is 6.84. The van der Waals surface area contributed by atoms with E-state index in [9.17, 15) is 0 Å². The minimum atomic E-state index is 0.262. The minimum Gasteiger partial charge on any atom is -0.374 e. The van der Waals surface area contributed by atoms with Gasteiger partial charge in [0.25, 0.3) is 0 Å². The Morgan fingerprint density at radius 3 is 3.43 bits per heavy atom. The molecule has 0 bridgehead atoms. The summed E-state index contributed by atoms with van der Waals surface area (Å²) in [6.07, 6.45) is 0.262. The molecule has 1 fully saturated rings. The van der Waals surface area contributed by atoms with Gasteiger partial charge in [-0.2, -0.15) is 0 Å². The number of rotatable bonds is 3. The Labute approximate surface area is 87.1 Å². The van der Waals surface area contributed by atoms with Crippen LogP contribution in [-0.2, 0) is 4.74 Å². The van der Waals surface area contributed by atoms with E-state index >= 15 is 0 Å². The summed E-state index contributed by atoms with van der Waals surface area (Å²) in [6, 6.07) is 0. The van der Waals surface area contributed by atoms with Gasteiger partial charge in [-0.1, -0.05) is 11.3 Å². The van der Waals surface area contributed by atoms with E-state index < -0.39 is 0 Å². The first-order valence-electron chi connectivity index (χ1n) is 4.65. The summed E-state index contributed by atoms with van der Waals surface area (Å²) in [5, 5.41) is 11.7. The highest BCUT2D eigenvalue weighted by Gasteiger charge is 2.17. The molecular weight excluding hydrogens is 200 g/mol. The molecular formula is C8H14N4OS. The van der Waals surface area contributed by atoms with Gasteiger partial charge in [0, 0.05) is 19.6 Å². The molecule has 1 aromatic heterocycles. The molecule has 78 valence electrons. The van der Waals surface area contributed by atoms with Crippen LogP contribution in [0.2, 0.25) is 0 Å². The Bertz CT molecular complexity index is 266. The molecule has 1 unspecified atom stereocenters. The Morgan fingerprint density at radius 2 is 2.71 bits per heavy atom. The summed E-state index contributed by atoms with van der Waals surface area (Å²) in [6.45, 7) is 3.62. The van der Waals surface area contributed by atoms with E-state index in [1.165, 1.54) is 11.3 Å². The zero-order valence-corrected chi connectivity index (χ0v) is 8.96. The molecule has 0 radical (unpaired) electrons. The van der Waals surface area contributed by atoms with E-state index in [0.29, 0.717) is 0 Å². The van der Waals surface area contributed by atoms with E-state index in [-0.39, 0.29) is 6.10 Å². The van der Waals surface area contributed by atoms with Crippen LogP contribution < -0.4 is 5.32 Å².